The fraction of sp³-hybridized carbons (Fsp3) is 0.0714. The molecule has 0 aliphatic rings. The second-order valence-corrected chi connectivity index (χ2v) is 3.85. The van der Waals surface area contributed by atoms with Crippen molar-refractivity contribution in [3.8, 4) is 16.9 Å². The van der Waals surface area contributed by atoms with Crippen LogP contribution in [0.4, 0.5) is 8.78 Å². The van der Waals surface area contributed by atoms with Crippen LogP contribution in [0.2, 0.25) is 0 Å². The van der Waals surface area contributed by atoms with Gasteiger partial charge in [-0.05, 0) is 29.8 Å². The number of carbonyl (C=O) groups is 1. The van der Waals surface area contributed by atoms with E-state index in [1.807, 2.05) is 0 Å². The van der Waals surface area contributed by atoms with E-state index in [1.165, 1.54) is 25.3 Å². The van der Waals surface area contributed by atoms with Crippen LogP contribution in [0.3, 0.4) is 0 Å². The number of carboxylic acid groups (broad SMARTS) is 1. The lowest BCUT2D eigenvalue weighted by Crippen LogP contribution is -2.00. The maximum Gasteiger partial charge on any atom is 0.338 e. The molecule has 0 aromatic heterocycles. The molecule has 0 saturated heterocycles. The Labute approximate surface area is 108 Å². The quantitative estimate of drug-likeness (QED) is 0.924. The summed E-state index contributed by atoms with van der Waals surface area (Å²) in [5.74, 6) is -2.48. The number of aromatic carboxylic acids is 1. The molecule has 0 heterocycles. The van der Waals surface area contributed by atoms with Crippen molar-refractivity contribution in [3.05, 3.63) is 53.6 Å². The normalized spacial score (nSPS) is 10.3. The van der Waals surface area contributed by atoms with E-state index in [2.05, 4.69) is 0 Å². The Morgan fingerprint density at radius 3 is 2.37 bits per heavy atom. The van der Waals surface area contributed by atoms with Crippen LogP contribution >= 0.6 is 0 Å². The van der Waals surface area contributed by atoms with Crippen molar-refractivity contribution in [2.75, 3.05) is 7.11 Å². The van der Waals surface area contributed by atoms with Crippen LogP contribution in [-0.4, -0.2) is 18.2 Å². The summed E-state index contributed by atoms with van der Waals surface area (Å²) >= 11 is 0. The molecule has 0 amide bonds. The van der Waals surface area contributed by atoms with Gasteiger partial charge in [0.25, 0.3) is 0 Å². The smallest absolute Gasteiger partial charge is 0.338 e. The van der Waals surface area contributed by atoms with Crippen molar-refractivity contribution in [2.45, 2.75) is 0 Å². The Morgan fingerprint density at radius 2 is 1.84 bits per heavy atom. The molecule has 0 spiro atoms. The molecule has 3 nitrogen and oxygen atoms in total. The second-order valence-electron chi connectivity index (χ2n) is 3.85. The SMILES string of the molecule is COc1ccc(-c2ccc(C(=O)O)c(F)c2)c(F)c1. The molecule has 0 radical (unpaired) electrons. The van der Waals surface area contributed by atoms with Crippen molar-refractivity contribution in [3.63, 3.8) is 0 Å². The number of hydrogen-bond acceptors (Lipinski definition) is 2. The van der Waals surface area contributed by atoms with Gasteiger partial charge in [0.1, 0.15) is 17.4 Å². The van der Waals surface area contributed by atoms with Crippen molar-refractivity contribution in [2.24, 2.45) is 0 Å². The topological polar surface area (TPSA) is 46.5 Å². The number of ether oxygens (including phenoxy) is 1. The average molecular weight is 264 g/mol. The van der Waals surface area contributed by atoms with Crippen LogP contribution in [-0.2, 0) is 0 Å². The highest BCUT2D eigenvalue weighted by Crippen LogP contribution is 2.27. The third-order valence-corrected chi connectivity index (χ3v) is 2.69. The summed E-state index contributed by atoms with van der Waals surface area (Å²) < 4.78 is 32.2. The van der Waals surface area contributed by atoms with Crippen molar-refractivity contribution >= 4 is 5.97 Å². The second kappa shape index (κ2) is 5.06. The van der Waals surface area contributed by atoms with Gasteiger partial charge in [-0.2, -0.15) is 0 Å². The summed E-state index contributed by atoms with van der Waals surface area (Å²) in [7, 11) is 1.41. The first-order valence-electron chi connectivity index (χ1n) is 5.39. The largest absolute Gasteiger partial charge is 0.497 e. The Morgan fingerprint density at radius 1 is 1.11 bits per heavy atom. The first kappa shape index (κ1) is 13.0. The Bertz CT molecular complexity index is 639. The zero-order chi connectivity index (χ0) is 14.0. The lowest BCUT2D eigenvalue weighted by Gasteiger charge is -2.07. The Hall–Kier alpha value is -2.43. The fourth-order valence-corrected chi connectivity index (χ4v) is 1.71. The first-order valence-corrected chi connectivity index (χ1v) is 5.39. The molecule has 0 bridgehead atoms. The van der Waals surface area contributed by atoms with Crippen molar-refractivity contribution in [1.82, 2.24) is 0 Å². The molecule has 0 atom stereocenters. The van der Waals surface area contributed by atoms with E-state index in [4.69, 9.17) is 9.84 Å². The van der Waals surface area contributed by atoms with Gasteiger partial charge in [0.15, 0.2) is 0 Å². The first-order chi connectivity index (χ1) is 9.02. The third-order valence-electron chi connectivity index (χ3n) is 2.69. The lowest BCUT2D eigenvalue weighted by molar-refractivity contribution is 0.0692. The average Bonchev–Trinajstić information content (AvgIpc) is 2.37. The van der Waals surface area contributed by atoms with E-state index < -0.39 is 23.2 Å². The van der Waals surface area contributed by atoms with Crippen LogP contribution in [0.25, 0.3) is 11.1 Å². The number of halogens is 2. The van der Waals surface area contributed by atoms with Gasteiger partial charge < -0.3 is 9.84 Å². The maximum atomic E-state index is 13.8. The standard InChI is InChI=1S/C14H10F2O3/c1-19-9-3-5-10(13(16)7-9)8-2-4-11(14(17)18)12(15)6-8/h2-7H,1H3,(H,17,18). The summed E-state index contributed by atoms with van der Waals surface area (Å²) in [4.78, 5) is 10.7. The van der Waals surface area contributed by atoms with Crippen LogP contribution < -0.4 is 4.74 Å². The zero-order valence-corrected chi connectivity index (χ0v) is 9.98. The summed E-state index contributed by atoms with van der Waals surface area (Å²) in [6, 6.07) is 7.63. The van der Waals surface area contributed by atoms with Crippen LogP contribution in [0.15, 0.2) is 36.4 Å². The Kier molecular flexibility index (Phi) is 3.46. The minimum atomic E-state index is -1.36. The Balaban J connectivity index is 2.48. The molecule has 0 fully saturated rings. The molecule has 5 heteroatoms. The van der Waals surface area contributed by atoms with E-state index in [1.54, 1.807) is 6.07 Å². The highest BCUT2D eigenvalue weighted by atomic mass is 19.1. The molecule has 0 aliphatic heterocycles. The molecule has 1 N–H and O–H groups in total. The van der Waals surface area contributed by atoms with E-state index in [0.717, 1.165) is 12.1 Å². The van der Waals surface area contributed by atoms with E-state index in [0.29, 0.717) is 5.75 Å². The van der Waals surface area contributed by atoms with Crippen LogP contribution in [0, 0.1) is 11.6 Å². The molecule has 0 saturated carbocycles. The molecule has 2 aromatic rings. The third kappa shape index (κ3) is 2.54. The van der Waals surface area contributed by atoms with Gasteiger partial charge in [-0.3, -0.25) is 0 Å². The molecular formula is C14H10F2O3. The highest BCUT2D eigenvalue weighted by molar-refractivity contribution is 5.88. The number of carboxylic acids is 1. The van der Waals surface area contributed by atoms with Gasteiger partial charge in [-0.1, -0.05) is 6.07 Å². The molecular weight excluding hydrogens is 254 g/mol. The van der Waals surface area contributed by atoms with Crippen LogP contribution in [0.5, 0.6) is 5.75 Å². The van der Waals surface area contributed by atoms with Crippen molar-refractivity contribution in [1.29, 1.82) is 0 Å². The van der Waals surface area contributed by atoms with Gasteiger partial charge in [0, 0.05) is 11.6 Å². The summed E-state index contributed by atoms with van der Waals surface area (Å²) in [5.41, 5.74) is -0.00281. The lowest BCUT2D eigenvalue weighted by atomic mass is 10.0. The van der Waals surface area contributed by atoms with E-state index in [9.17, 15) is 13.6 Å². The summed E-state index contributed by atoms with van der Waals surface area (Å²) in [6.07, 6.45) is 0. The fourth-order valence-electron chi connectivity index (χ4n) is 1.71. The predicted molar refractivity (Wildman–Crippen MR) is 65.3 cm³/mol. The van der Waals surface area contributed by atoms with Crippen molar-refractivity contribution < 1.29 is 23.4 Å². The van der Waals surface area contributed by atoms with E-state index >= 15 is 0 Å². The molecule has 19 heavy (non-hydrogen) atoms. The minimum absolute atomic E-state index is 0.177. The summed E-state index contributed by atoms with van der Waals surface area (Å²) in [6.45, 7) is 0. The maximum absolute atomic E-state index is 13.8. The number of benzene rings is 2. The molecule has 98 valence electrons. The molecule has 2 aromatic carbocycles. The molecule has 2 rings (SSSR count). The molecule has 0 aliphatic carbocycles. The van der Waals surface area contributed by atoms with Gasteiger partial charge in [0.05, 0.1) is 12.7 Å². The van der Waals surface area contributed by atoms with E-state index in [-0.39, 0.29) is 11.1 Å². The predicted octanol–water partition coefficient (Wildman–Crippen LogP) is 3.34. The zero-order valence-electron chi connectivity index (χ0n) is 9.98. The number of rotatable bonds is 3. The van der Waals surface area contributed by atoms with Crippen LogP contribution in [0.1, 0.15) is 10.4 Å². The number of methoxy groups -OCH3 is 1. The minimum Gasteiger partial charge on any atom is -0.497 e. The summed E-state index contributed by atoms with van der Waals surface area (Å²) in [5, 5.41) is 8.72. The van der Waals surface area contributed by atoms with Gasteiger partial charge in [-0.25, -0.2) is 13.6 Å². The molecule has 0 unspecified atom stereocenters. The highest BCUT2D eigenvalue weighted by Gasteiger charge is 2.13. The monoisotopic (exact) mass is 264 g/mol. The van der Waals surface area contributed by atoms with Gasteiger partial charge >= 0.3 is 5.97 Å². The number of hydrogen-bond donors (Lipinski definition) is 1. The van der Waals surface area contributed by atoms with Gasteiger partial charge in [0.2, 0.25) is 0 Å². The van der Waals surface area contributed by atoms with Gasteiger partial charge in [-0.15, -0.1) is 0 Å².